The first-order valence-corrected chi connectivity index (χ1v) is 15.7. The number of hydrogen-bond acceptors (Lipinski definition) is 3. The van der Waals surface area contributed by atoms with Crippen molar-refractivity contribution in [2.45, 2.75) is 118 Å². The fourth-order valence-corrected chi connectivity index (χ4v) is 10.1. The Morgan fingerprint density at radius 1 is 0.939 bits per heavy atom. The summed E-state index contributed by atoms with van der Waals surface area (Å²) in [6.45, 7) is 9.67. The summed E-state index contributed by atoms with van der Waals surface area (Å²) >= 11 is 0. The van der Waals surface area contributed by atoms with Gasteiger partial charge in [-0.05, 0) is 104 Å². The van der Waals surface area contributed by atoms with Gasteiger partial charge in [-0.1, -0.05) is 59.3 Å². The van der Waals surface area contributed by atoms with E-state index in [1.807, 2.05) is 0 Å². The van der Waals surface area contributed by atoms with Crippen molar-refractivity contribution in [1.29, 1.82) is 0 Å². The number of unbranched alkanes of at least 4 members (excludes halogenated alkanes) is 2. The largest absolute Gasteiger partial charge is 0.328 e. The van der Waals surface area contributed by atoms with Crippen molar-refractivity contribution in [3.05, 3.63) is 0 Å². The maximum atomic E-state index is 12.0. The molecule has 0 amide bonds. The van der Waals surface area contributed by atoms with Gasteiger partial charge < -0.3 is 4.18 Å². The van der Waals surface area contributed by atoms with Crippen LogP contribution in [0.5, 0.6) is 0 Å². The summed E-state index contributed by atoms with van der Waals surface area (Å²) in [4.78, 5) is 0. The first kappa shape index (κ1) is 25.4. The monoisotopic (exact) mass is 476 g/mol. The lowest BCUT2D eigenvalue weighted by atomic mass is 9.44. The van der Waals surface area contributed by atoms with Gasteiger partial charge in [0.05, 0.1) is 5.75 Å². The molecule has 4 heteroatoms. The highest BCUT2D eigenvalue weighted by Crippen LogP contribution is 2.68. The SMILES string of the molecule is CCCCCS(=O)(=O)OC#CC[C@@H](C)[C@H]1CC[C@H]2[C@@H]3CCC4CCCC[C@]4(C)[C@H]3CC[C@]12C. The maximum absolute atomic E-state index is 12.0. The summed E-state index contributed by atoms with van der Waals surface area (Å²) in [5.74, 6) is 8.11. The second kappa shape index (κ2) is 10.1. The first-order valence-electron chi connectivity index (χ1n) is 14.1. The zero-order valence-electron chi connectivity index (χ0n) is 21.7. The molecule has 0 radical (unpaired) electrons. The van der Waals surface area contributed by atoms with Gasteiger partial charge >= 0.3 is 10.1 Å². The quantitative estimate of drug-likeness (QED) is 0.216. The van der Waals surface area contributed by atoms with Gasteiger partial charge in [-0.15, -0.1) is 0 Å². The van der Waals surface area contributed by atoms with Gasteiger partial charge in [-0.25, -0.2) is 0 Å². The molecular formula is C29H48O3S. The summed E-state index contributed by atoms with van der Waals surface area (Å²) in [5.41, 5.74) is 1.05. The topological polar surface area (TPSA) is 43.4 Å². The van der Waals surface area contributed by atoms with Crippen molar-refractivity contribution < 1.29 is 12.6 Å². The van der Waals surface area contributed by atoms with Crippen LogP contribution in [0.1, 0.15) is 118 Å². The molecule has 4 fully saturated rings. The van der Waals surface area contributed by atoms with Gasteiger partial charge in [0.2, 0.25) is 0 Å². The molecule has 0 N–H and O–H groups in total. The zero-order chi connectivity index (χ0) is 23.7. The molecule has 4 rings (SSSR count). The minimum Gasteiger partial charge on any atom is -0.328 e. The Bertz CT molecular complexity index is 839. The second-order valence-corrected chi connectivity index (χ2v) is 14.3. The van der Waals surface area contributed by atoms with Gasteiger partial charge in [0, 0.05) is 6.42 Å². The third kappa shape index (κ3) is 5.00. The minimum absolute atomic E-state index is 0.0791. The molecule has 4 aliphatic carbocycles. The van der Waals surface area contributed by atoms with E-state index in [2.05, 4.69) is 39.7 Å². The Balaban J connectivity index is 1.36. The van der Waals surface area contributed by atoms with E-state index in [9.17, 15) is 8.42 Å². The van der Waals surface area contributed by atoms with Crippen LogP contribution in [0.25, 0.3) is 0 Å². The molecule has 33 heavy (non-hydrogen) atoms. The average molecular weight is 477 g/mol. The lowest BCUT2D eigenvalue weighted by Crippen LogP contribution is -2.53. The maximum Gasteiger partial charge on any atom is 0.317 e. The van der Waals surface area contributed by atoms with E-state index in [-0.39, 0.29) is 5.75 Å². The molecule has 3 nitrogen and oxygen atoms in total. The van der Waals surface area contributed by atoms with Crippen LogP contribution in [0, 0.1) is 58.4 Å². The van der Waals surface area contributed by atoms with Gasteiger partial charge in [-0.3, -0.25) is 0 Å². The highest BCUT2D eigenvalue weighted by molar-refractivity contribution is 7.86. The highest BCUT2D eigenvalue weighted by Gasteiger charge is 2.60. The second-order valence-electron chi connectivity index (χ2n) is 12.6. The van der Waals surface area contributed by atoms with Crippen LogP contribution < -0.4 is 0 Å². The molecule has 4 saturated carbocycles. The number of rotatable bonds is 7. The van der Waals surface area contributed by atoms with Crippen LogP contribution in [0.15, 0.2) is 0 Å². The Kier molecular flexibility index (Phi) is 7.79. The predicted octanol–water partition coefficient (Wildman–Crippen LogP) is 7.56. The minimum atomic E-state index is -3.50. The van der Waals surface area contributed by atoms with Gasteiger partial charge in [0.1, 0.15) is 6.11 Å². The van der Waals surface area contributed by atoms with E-state index in [0.717, 1.165) is 42.9 Å². The molecule has 0 heterocycles. The normalized spacial score (nSPS) is 41.2. The third-order valence-corrected chi connectivity index (χ3v) is 12.1. The Hall–Kier alpha value is -0.690. The fraction of sp³-hybridized carbons (Fsp3) is 0.931. The predicted molar refractivity (Wildman–Crippen MR) is 136 cm³/mol. The standard InChI is InChI=1S/C29H48O3S/c1-5-6-9-21-33(30,31)32-20-10-11-22(2)25-15-16-26-24-14-13-23-12-7-8-18-28(23,3)27(24)17-19-29(25,26)4/h22-27H,5-9,11-19,21H2,1-4H3/t22-,23?,24+,25-,26+,27+,28+,29-/m1/s1. The average Bonchev–Trinajstić information content (AvgIpc) is 3.13. The fourth-order valence-electron chi connectivity index (χ4n) is 9.28. The van der Waals surface area contributed by atoms with Crippen molar-refractivity contribution in [3.63, 3.8) is 0 Å². The summed E-state index contributed by atoms with van der Waals surface area (Å²) < 4.78 is 28.9. The molecule has 0 aromatic heterocycles. The Morgan fingerprint density at radius 3 is 2.52 bits per heavy atom. The lowest BCUT2D eigenvalue weighted by Gasteiger charge is -2.60. The molecular weight excluding hydrogens is 428 g/mol. The van der Waals surface area contributed by atoms with Crippen molar-refractivity contribution in [2.24, 2.45) is 46.3 Å². The smallest absolute Gasteiger partial charge is 0.317 e. The van der Waals surface area contributed by atoms with Gasteiger partial charge in [0.15, 0.2) is 0 Å². The zero-order valence-corrected chi connectivity index (χ0v) is 22.5. The Morgan fingerprint density at radius 2 is 1.73 bits per heavy atom. The molecule has 1 unspecified atom stereocenters. The van der Waals surface area contributed by atoms with Gasteiger partial charge in [-0.2, -0.15) is 8.42 Å². The molecule has 0 saturated heterocycles. The molecule has 8 atom stereocenters. The van der Waals surface area contributed by atoms with E-state index in [4.69, 9.17) is 4.18 Å². The number of fused-ring (bicyclic) bond motifs is 5. The van der Waals surface area contributed by atoms with E-state index in [1.54, 1.807) is 0 Å². The molecule has 4 aliphatic rings. The van der Waals surface area contributed by atoms with Gasteiger partial charge in [0.25, 0.3) is 0 Å². The van der Waals surface area contributed by atoms with E-state index < -0.39 is 10.1 Å². The molecule has 188 valence electrons. The molecule has 0 aromatic rings. The van der Waals surface area contributed by atoms with Crippen LogP contribution in [0.3, 0.4) is 0 Å². The van der Waals surface area contributed by atoms with E-state index in [0.29, 0.717) is 29.1 Å². The van der Waals surface area contributed by atoms with Crippen molar-refractivity contribution >= 4 is 10.1 Å². The van der Waals surface area contributed by atoms with Crippen molar-refractivity contribution in [2.75, 3.05) is 5.75 Å². The van der Waals surface area contributed by atoms with Crippen LogP contribution in [-0.2, 0) is 14.3 Å². The summed E-state index contributed by atoms with van der Waals surface area (Å²) in [5, 5.41) is 0. The van der Waals surface area contributed by atoms with Crippen LogP contribution >= 0.6 is 0 Å². The Labute approximate surface area is 204 Å². The van der Waals surface area contributed by atoms with E-state index in [1.165, 1.54) is 64.2 Å². The summed E-state index contributed by atoms with van der Waals surface area (Å²) in [7, 11) is -3.50. The van der Waals surface area contributed by atoms with Crippen LogP contribution in [-0.4, -0.2) is 14.2 Å². The van der Waals surface area contributed by atoms with Crippen LogP contribution in [0.2, 0.25) is 0 Å². The van der Waals surface area contributed by atoms with Crippen LogP contribution in [0.4, 0.5) is 0 Å². The highest BCUT2D eigenvalue weighted by atomic mass is 32.2. The number of hydrogen-bond donors (Lipinski definition) is 0. The summed E-state index contributed by atoms with van der Waals surface area (Å²) in [6.07, 6.45) is 20.2. The third-order valence-electron chi connectivity index (χ3n) is 11.0. The first-order chi connectivity index (χ1) is 15.7. The summed E-state index contributed by atoms with van der Waals surface area (Å²) in [6, 6.07) is 0. The van der Waals surface area contributed by atoms with Crippen molar-refractivity contribution in [3.8, 4) is 12.0 Å². The molecule has 0 aliphatic heterocycles. The van der Waals surface area contributed by atoms with E-state index >= 15 is 0 Å². The molecule has 0 bridgehead atoms. The lowest BCUT2D eigenvalue weighted by molar-refractivity contribution is -0.114. The van der Waals surface area contributed by atoms with Crippen molar-refractivity contribution in [1.82, 2.24) is 0 Å². The molecule has 0 spiro atoms. The molecule has 0 aromatic carbocycles.